The van der Waals surface area contributed by atoms with Gasteiger partial charge in [0.1, 0.15) is 0 Å². The molecule has 0 spiro atoms. The lowest BCUT2D eigenvalue weighted by Crippen LogP contribution is -2.42. The van der Waals surface area contributed by atoms with Gasteiger partial charge >= 0.3 is 0 Å². The van der Waals surface area contributed by atoms with Gasteiger partial charge in [0, 0.05) is 32.9 Å². The first kappa shape index (κ1) is 18.7. The molecule has 1 heterocycles. The van der Waals surface area contributed by atoms with E-state index in [4.69, 9.17) is 0 Å². The van der Waals surface area contributed by atoms with Gasteiger partial charge in [0.25, 0.3) is 0 Å². The number of aryl methyl sites for hydroxylation is 1. The minimum atomic E-state index is -3.48. The van der Waals surface area contributed by atoms with Gasteiger partial charge in [-0.15, -0.1) is 0 Å². The fourth-order valence-corrected chi connectivity index (χ4v) is 3.79. The number of nitrogens with zero attached hydrogens (tertiary/aromatic N) is 2. The summed E-state index contributed by atoms with van der Waals surface area (Å²) in [5.74, 6) is 0.597. The number of anilines is 1. The van der Waals surface area contributed by atoms with Gasteiger partial charge in [-0.25, -0.2) is 12.7 Å². The SMILES string of the molecule is Cc1ccc(S(=O)(=O)N(C)C)cc1NCC(=O)N1CCCC(C)C1. The van der Waals surface area contributed by atoms with E-state index in [0.717, 1.165) is 25.1 Å². The van der Waals surface area contributed by atoms with Crippen molar-refractivity contribution < 1.29 is 13.2 Å². The molecule has 1 saturated heterocycles. The molecule has 1 aromatic rings. The van der Waals surface area contributed by atoms with Gasteiger partial charge in [-0.2, -0.15) is 0 Å². The van der Waals surface area contributed by atoms with Crippen molar-refractivity contribution in [2.45, 2.75) is 31.6 Å². The minimum Gasteiger partial charge on any atom is -0.376 e. The third-order valence-corrected chi connectivity index (χ3v) is 6.24. The van der Waals surface area contributed by atoms with Crippen molar-refractivity contribution in [2.75, 3.05) is 39.0 Å². The topological polar surface area (TPSA) is 69.7 Å². The van der Waals surface area contributed by atoms with E-state index < -0.39 is 10.0 Å². The molecule has 1 fully saturated rings. The van der Waals surface area contributed by atoms with Crippen LogP contribution in [0.2, 0.25) is 0 Å². The lowest BCUT2D eigenvalue weighted by Gasteiger charge is -2.31. The van der Waals surface area contributed by atoms with Gasteiger partial charge in [-0.1, -0.05) is 13.0 Å². The highest BCUT2D eigenvalue weighted by atomic mass is 32.2. The predicted octanol–water partition coefficient (Wildman–Crippen LogP) is 1.92. The van der Waals surface area contributed by atoms with Gasteiger partial charge in [-0.3, -0.25) is 4.79 Å². The molecule has 1 amide bonds. The summed E-state index contributed by atoms with van der Waals surface area (Å²) >= 11 is 0. The van der Waals surface area contributed by atoms with Crippen LogP contribution in [0.4, 0.5) is 5.69 Å². The summed E-state index contributed by atoms with van der Waals surface area (Å²) in [6, 6.07) is 4.94. The smallest absolute Gasteiger partial charge is 0.242 e. The molecule has 1 N–H and O–H groups in total. The highest BCUT2D eigenvalue weighted by molar-refractivity contribution is 7.89. The Bertz CT molecular complexity index is 701. The number of hydrogen-bond acceptors (Lipinski definition) is 4. The number of amides is 1. The molecular formula is C17H27N3O3S. The van der Waals surface area contributed by atoms with Gasteiger partial charge in [-0.05, 0) is 43.4 Å². The molecule has 0 aliphatic carbocycles. The van der Waals surface area contributed by atoms with E-state index in [2.05, 4.69) is 12.2 Å². The van der Waals surface area contributed by atoms with Crippen LogP contribution in [0.3, 0.4) is 0 Å². The van der Waals surface area contributed by atoms with Crippen molar-refractivity contribution in [3.63, 3.8) is 0 Å². The lowest BCUT2D eigenvalue weighted by atomic mass is 10.0. The molecule has 24 heavy (non-hydrogen) atoms. The Labute approximate surface area is 144 Å². The maximum absolute atomic E-state index is 12.4. The normalized spacial score (nSPS) is 18.7. The summed E-state index contributed by atoms with van der Waals surface area (Å²) in [6.07, 6.45) is 2.21. The maximum atomic E-state index is 12.4. The summed E-state index contributed by atoms with van der Waals surface area (Å²) in [5, 5.41) is 3.10. The third kappa shape index (κ3) is 4.27. The van der Waals surface area contributed by atoms with Crippen molar-refractivity contribution in [1.82, 2.24) is 9.21 Å². The second-order valence-corrected chi connectivity index (χ2v) is 8.86. The molecule has 1 unspecified atom stereocenters. The Morgan fingerprint density at radius 1 is 1.38 bits per heavy atom. The van der Waals surface area contributed by atoms with Crippen LogP contribution in [0.15, 0.2) is 23.1 Å². The van der Waals surface area contributed by atoms with Crippen LogP contribution in [0.1, 0.15) is 25.3 Å². The Morgan fingerprint density at radius 2 is 2.08 bits per heavy atom. The second kappa shape index (κ2) is 7.53. The summed E-state index contributed by atoms with van der Waals surface area (Å²) in [4.78, 5) is 14.5. The Hall–Kier alpha value is -1.60. The largest absolute Gasteiger partial charge is 0.376 e. The minimum absolute atomic E-state index is 0.0572. The molecule has 1 aliphatic rings. The number of piperidine rings is 1. The van der Waals surface area contributed by atoms with Crippen LogP contribution in [0.25, 0.3) is 0 Å². The number of carbonyl (C=O) groups excluding carboxylic acids is 1. The number of nitrogens with one attached hydrogen (secondary N) is 1. The zero-order chi connectivity index (χ0) is 17.9. The monoisotopic (exact) mass is 353 g/mol. The highest BCUT2D eigenvalue weighted by Gasteiger charge is 2.21. The van der Waals surface area contributed by atoms with E-state index in [1.54, 1.807) is 18.2 Å². The van der Waals surface area contributed by atoms with Gasteiger partial charge in [0.05, 0.1) is 11.4 Å². The van der Waals surface area contributed by atoms with E-state index in [1.807, 2.05) is 11.8 Å². The first-order valence-corrected chi connectivity index (χ1v) is 9.70. The van der Waals surface area contributed by atoms with Gasteiger partial charge in [0.2, 0.25) is 15.9 Å². The fraction of sp³-hybridized carbons (Fsp3) is 0.588. The molecule has 1 aliphatic heterocycles. The Balaban J connectivity index is 2.08. The lowest BCUT2D eigenvalue weighted by molar-refractivity contribution is -0.130. The Morgan fingerprint density at radius 3 is 2.71 bits per heavy atom. The second-order valence-electron chi connectivity index (χ2n) is 6.70. The van der Waals surface area contributed by atoms with Crippen LogP contribution in [0, 0.1) is 12.8 Å². The standard InChI is InChI=1S/C17H27N3O3S/c1-13-6-5-9-20(12-13)17(21)11-18-16-10-15(8-7-14(16)2)24(22,23)19(3)4/h7-8,10,13,18H,5-6,9,11-12H2,1-4H3. The average Bonchev–Trinajstić information content (AvgIpc) is 2.53. The van der Waals surface area contributed by atoms with Crippen molar-refractivity contribution in [3.8, 4) is 0 Å². The molecule has 0 radical (unpaired) electrons. The molecular weight excluding hydrogens is 326 g/mol. The van der Waals surface area contributed by atoms with E-state index in [0.29, 0.717) is 11.6 Å². The van der Waals surface area contributed by atoms with E-state index in [1.165, 1.54) is 24.8 Å². The van der Waals surface area contributed by atoms with Crippen molar-refractivity contribution in [2.24, 2.45) is 5.92 Å². The summed E-state index contributed by atoms with van der Waals surface area (Å²) < 4.78 is 25.7. The molecule has 0 bridgehead atoms. The zero-order valence-corrected chi connectivity index (χ0v) is 15.7. The fourth-order valence-electron chi connectivity index (χ4n) is 2.86. The molecule has 6 nitrogen and oxygen atoms in total. The third-order valence-electron chi connectivity index (χ3n) is 4.43. The quantitative estimate of drug-likeness (QED) is 0.878. The van der Waals surface area contributed by atoms with Crippen LogP contribution in [-0.4, -0.2) is 57.3 Å². The zero-order valence-electron chi connectivity index (χ0n) is 14.9. The first-order valence-electron chi connectivity index (χ1n) is 8.26. The number of rotatable bonds is 5. The van der Waals surface area contributed by atoms with E-state index in [9.17, 15) is 13.2 Å². The van der Waals surface area contributed by atoms with Crippen LogP contribution < -0.4 is 5.32 Å². The first-order chi connectivity index (χ1) is 11.2. The molecule has 0 saturated carbocycles. The average molecular weight is 353 g/mol. The number of sulfonamides is 1. The number of hydrogen-bond donors (Lipinski definition) is 1. The molecule has 7 heteroatoms. The summed E-state index contributed by atoms with van der Waals surface area (Å²) in [5.41, 5.74) is 1.59. The van der Waals surface area contributed by atoms with Crippen LogP contribution in [0.5, 0.6) is 0 Å². The highest BCUT2D eigenvalue weighted by Crippen LogP contribution is 2.22. The summed E-state index contributed by atoms with van der Waals surface area (Å²) in [7, 11) is -0.478. The molecule has 2 rings (SSSR count). The van der Waals surface area contributed by atoms with Crippen molar-refractivity contribution >= 4 is 21.6 Å². The predicted molar refractivity (Wildman–Crippen MR) is 95.5 cm³/mol. The van der Waals surface area contributed by atoms with Crippen molar-refractivity contribution in [3.05, 3.63) is 23.8 Å². The number of benzene rings is 1. The molecule has 1 atom stereocenters. The molecule has 1 aromatic carbocycles. The summed E-state index contributed by atoms with van der Waals surface area (Å²) in [6.45, 7) is 5.83. The van der Waals surface area contributed by atoms with Gasteiger partial charge < -0.3 is 10.2 Å². The number of likely N-dealkylation sites (tertiary alicyclic amines) is 1. The Kier molecular flexibility index (Phi) is 5.87. The maximum Gasteiger partial charge on any atom is 0.242 e. The number of carbonyl (C=O) groups is 1. The molecule has 134 valence electrons. The van der Waals surface area contributed by atoms with Crippen molar-refractivity contribution in [1.29, 1.82) is 0 Å². The van der Waals surface area contributed by atoms with E-state index >= 15 is 0 Å². The van der Waals surface area contributed by atoms with Crippen LogP contribution >= 0.6 is 0 Å². The van der Waals surface area contributed by atoms with Gasteiger partial charge in [0.15, 0.2) is 0 Å². The van der Waals surface area contributed by atoms with E-state index in [-0.39, 0.29) is 17.3 Å². The van der Waals surface area contributed by atoms with Crippen LogP contribution in [-0.2, 0) is 14.8 Å². The molecule has 0 aromatic heterocycles.